The van der Waals surface area contributed by atoms with Crippen LogP contribution in [0.2, 0.25) is 0 Å². The van der Waals surface area contributed by atoms with Crippen molar-refractivity contribution < 1.29 is 50.5 Å². The molecule has 0 heterocycles. The van der Waals surface area contributed by atoms with Gasteiger partial charge in [0.25, 0.3) is 5.91 Å². The van der Waals surface area contributed by atoms with Crippen LogP contribution in [-0.4, -0.2) is 18.2 Å². The van der Waals surface area contributed by atoms with Crippen molar-refractivity contribution in [3.8, 4) is 17.2 Å². The fourth-order valence-electron chi connectivity index (χ4n) is 3.56. The summed E-state index contributed by atoms with van der Waals surface area (Å²) in [5.41, 5.74) is -1.06. The van der Waals surface area contributed by atoms with E-state index in [0.29, 0.717) is 16.5 Å². The van der Waals surface area contributed by atoms with Gasteiger partial charge in [-0.2, -0.15) is 13.2 Å². The number of carbonyl (C=O) groups excluding carboxylic acids is 2. The molecule has 6 nitrogen and oxygen atoms in total. The topological polar surface area (TPSA) is 78.9 Å². The molecule has 0 saturated heterocycles. The summed E-state index contributed by atoms with van der Waals surface area (Å²) in [7, 11) is 0. The number of aliphatic carboxylic acids is 1. The molecule has 0 aliphatic carbocycles. The lowest BCUT2D eigenvalue weighted by Gasteiger charge is -2.27. The number of rotatable bonds is 6. The van der Waals surface area contributed by atoms with Gasteiger partial charge < -0.3 is 24.3 Å². The van der Waals surface area contributed by atoms with Gasteiger partial charge in [0.05, 0.1) is 17.8 Å². The molecule has 0 fully saturated rings. The molecule has 0 saturated carbocycles. The molecule has 3 aromatic rings. The zero-order valence-corrected chi connectivity index (χ0v) is 20.8. The van der Waals surface area contributed by atoms with Crippen LogP contribution < -0.4 is 19.5 Å². The van der Waals surface area contributed by atoms with E-state index in [0.717, 1.165) is 42.0 Å². The standard InChI is InChI=1S/C27H23F6NO5/c1-25(2,3)17-6-4-16(5-7-17)15-34(23(35)24(36)37)22-13-12-20(14-21(22)26(28,29)30)38-18-8-10-19(11-9-18)39-27(31,32)33/h4-14H,15H2,1-3H3,(H,36,37)/p-1. The fraction of sp³-hybridized carbons (Fsp3) is 0.259. The van der Waals surface area contributed by atoms with Crippen LogP contribution in [0.3, 0.4) is 0 Å². The first-order valence-corrected chi connectivity index (χ1v) is 11.3. The van der Waals surface area contributed by atoms with Crippen molar-refractivity contribution in [2.75, 3.05) is 4.90 Å². The largest absolute Gasteiger partial charge is 0.573 e. The van der Waals surface area contributed by atoms with Gasteiger partial charge in [0.15, 0.2) is 0 Å². The molecule has 208 valence electrons. The van der Waals surface area contributed by atoms with Gasteiger partial charge in [-0.3, -0.25) is 4.79 Å². The average Bonchev–Trinajstić information content (AvgIpc) is 2.82. The number of nitrogens with zero attached hydrogens (tertiary/aromatic N) is 1. The molecule has 0 radical (unpaired) electrons. The lowest BCUT2D eigenvalue weighted by atomic mass is 9.87. The summed E-state index contributed by atoms with van der Waals surface area (Å²) in [6.07, 6.45) is -9.97. The maximum atomic E-state index is 14.0. The molecule has 0 aliphatic rings. The molecule has 1 amide bonds. The summed E-state index contributed by atoms with van der Waals surface area (Å²) in [6, 6.07) is 13.0. The number of carboxylic acids is 1. The van der Waals surface area contributed by atoms with E-state index in [9.17, 15) is 41.0 Å². The predicted octanol–water partition coefficient (Wildman–Crippen LogP) is 5.98. The SMILES string of the molecule is CC(C)(C)c1ccc(CN(C(=O)C(=O)[O-])c2ccc(Oc3ccc(OC(F)(F)F)cc3)cc2C(F)(F)F)cc1. The van der Waals surface area contributed by atoms with Gasteiger partial charge in [-0.15, -0.1) is 13.2 Å². The lowest BCUT2D eigenvalue weighted by molar-refractivity contribution is -0.300. The second-order valence-electron chi connectivity index (χ2n) is 9.42. The highest BCUT2D eigenvalue weighted by atomic mass is 19.4. The van der Waals surface area contributed by atoms with Crippen molar-refractivity contribution >= 4 is 17.6 Å². The molecular formula is C27H22F6NO5-. The minimum atomic E-state index is -5.04. The summed E-state index contributed by atoms with van der Waals surface area (Å²) >= 11 is 0. The van der Waals surface area contributed by atoms with Gasteiger partial charge >= 0.3 is 12.5 Å². The summed E-state index contributed by atoms with van der Waals surface area (Å²) in [5.74, 6) is -4.92. The quantitative estimate of drug-likeness (QED) is 0.277. The number of carboxylic acid groups (broad SMARTS) is 1. The number of alkyl halides is 6. The van der Waals surface area contributed by atoms with Crippen LogP contribution in [0, 0.1) is 0 Å². The van der Waals surface area contributed by atoms with Crippen molar-refractivity contribution in [1.29, 1.82) is 0 Å². The number of anilines is 1. The number of benzene rings is 3. The molecule has 0 unspecified atom stereocenters. The molecule has 0 bridgehead atoms. The fourth-order valence-corrected chi connectivity index (χ4v) is 3.56. The zero-order valence-electron chi connectivity index (χ0n) is 20.8. The summed E-state index contributed by atoms with van der Waals surface area (Å²) in [6.45, 7) is 5.37. The predicted molar refractivity (Wildman–Crippen MR) is 126 cm³/mol. The Labute approximate surface area is 219 Å². The number of ether oxygens (including phenoxy) is 2. The third-order valence-electron chi connectivity index (χ3n) is 5.44. The Hall–Kier alpha value is -4.22. The number of hydrogen-bond donors (Lipinski definition) is 0. The molecule has 3 rings (SSSR count). The minimum absolute atomic E-state index is 0.105. The van der Waals surface area contributed by atoms with E-state index in [4.69, 9.17) is 4.74 Å². The molecule has 0 atom stereocenters. The number of amides is 1. The number of hydrogen-bond acceptors (Lipinski definition) is 5. The smallest absolute Gasteiger partial charge is 0.540 e. The maximum Gasteiger partial charge on any atom is 0.573 e. The Morgan fingerprint density at radius 1 is 0.795 bits per heavy atom. The molecule has 0 aromatic heterocycles. The van der Waals surface area contributed by atoms with E-state index < -0.39 is 48.0 Å². The first kappa shape index (κ1) is 29.3. The third kappa shape index (κ3) is 7.88. The normalized spacial score (nSPS) is 12.1. The van der Waals surface area contributed by atoms with Gasteiger partial charge in [-0.05, 0) is 59.0 Å². The monoisotopic (exact) mass is 554 g/mol. The van der Waals surface area contributed by atoms with Crippen LogP contribution in [0.1, 0.15) is 37.5 Å². The van der Waals surface area contributed by atoms with Crippen molar-refractivity contribution in [3.05, 3.63) is 83.4 Å². The Morgan fingerprint density at radius 2 is 1.33 bits per heavy atom. The molecule has 0 N–H and O–H groups in total. The second kappa shape index (κ2) is 10.9. The van der Waals surface area contributed by atoms with E-state index in [-0.39, 0.29) is 16.9 Å². The summed E-state index contributed by atoms with van der Waals surface area (Å²) in [4.78, 5) is 24.3. The van der Waals surface area contributed by atoms with Crippen molar-refractivity contribution in [3.63, 3.8) is 0 Å². The second-order valence-corrected chi connectivity index (χ2v) is 9.42. The Morgan fingerprint density at radius 3 is 1.82 bits per heavy atom. The van der Waals surface area contributed by atoms with Crippen LogP contribution in [0.15, 0.2) is 66.7 Å². The van der Waals surface area contributed by atoms with Gasteiger partial charge in [0, 0.05) is 0 Å². The van der Waals surface area contributed by atoms with Gasteiger partial charge in [0.1, 0.15) is 23.2 Å². The Balaban J connectivity index is 1.96. The van der Waals surface area contributed by atoms with Crippen molar-refractivity contribution in [2.24, 2.45) is 0 Å². The van der Waals surface area contributed by atoms with Crippen LogP contribution in [0.4, 0.5) is 32.0 Å². The molecule has 0 spiro atoms. The van der Waals surface area contributed by atoms with E-state index in [1.807, 2.05) is 20.8 Å². The van der Waals surface area contributed by atoms with Crippen molar-refractivity contribution in [2.45, 2.75) is 45.3 Å². The first-order chi connectivity index (χ1) is 17.9. The maximum absolute atomic E-state index is 14.0. The molecule has 12 heteroatoms. The lowest BCUT2D eigenvalue weighted by Crippen LogP contribution is -2.44. The Kier molecular flexibility index (Phi) is 8.18. The van der Waals surface area contributed by atoms with E-state index in [1.165, 1.54) is 0 Å². The van der Waals surface area contributed by atoms with E-state index >= 15 is 0 Å². The van der Waals surface area contributed by atoms with Gasteiger partial charge in [-0.1, -0.05) is 45.0 Å². The highest BCUT2D eigenvalue weighted by Gasteiger charge is 2.37. The molecule has 3 aromatic carbocycles. The zero-order chi connectivity index (χ0) is 29.2. The van der Waals surface area contributed by atoms with Crippen LogP contribution in [0.25, 0.3) is 0 Å². The third-order valence-corrected chi connectivity index (χ3v) is 5.44. The highest BCUT2D eigenvalue weighted by molar-refractivity contribution is 6.36. The van der Waals surface area contributed by atoms with E-state index in [1.54, 1.807) is 24.3 Å². The average molecular weight is 554 g/mol. The van der Waals surface area contributed by atoms with Gasteiger partial charge in [0.2, 0.25) is 0 Å². The molecule has 39 heavy (non-hydrogen) atoms. The minimum Gasteiger partial charge on any atom is -0.540 e. The summed E-state index contributed by atoms with van der Waals surface area (Å²) < 4.78 is 88.2. The van der Waals surface area contributed by atoms with Crippen LogP contribution in [0.5, 0.6) is 17.2 Å². The van der Waals surface area contributed by atoms with Crippen molar-refractivity contribution in [1.82, 2.24) is 0 Å². The van der Waals surface area contributed by atoms with E-state index in [2.05, 4.69) is 4.74 Å². The first-order valence-electron chi connectivity index (χ1n) is 11.3. The Bertz CT molecular complexity index is 1330. The van der Waals surface area contributed by atoms with Crippen LogP contribution in [-0.2, 0) is 27.7 Å². The van der Waals surface area contributed by atoms with Crippen LogP contribution >= 0.6 is 0 Å². The highest BCUT2D eigenvalue weighted by Crippen LogP contribution is 2.40. The number of halogens is 6. The number of carbonyl (C=O) groups is 2. The molecular weight excluding hydrogens is 532 g/mol. The summed E-state index contributed by atoms with van der Waals surface area (Å²) in [5, 5.41) is 11.4. The van der Waals surface area contributed by atoms with Gasteiger partial charge in [-0.25, -0.2) is 0 Å². The molecule has 0 aliphatic heterocycles.